The standard InChI is InChI=1S/C20H22N4O2S/c1-12-7-16(8-13(2)22-12)14-5-4-6-15(9-14)18-11-27-20(23-18)24-19(25)17(21)10-26-3/h4-9,11,17H,10,21H2,1-3H3,(H,23,24,25)/t17-/m0/s1. The first kappa shape index (κ1) is 19.2. The highest BCUT2D eigenvalue weighted by Gasteiger charge is 2.15. The second-order valence-corrected chi connectivity index (χ2v) is 7.17. The number of carbonyl (C=O) groups is 1. The molecule has 2 heterocycles. The van der Waals surface area contributed by atoms with Crippen LogP contribution < -0.4 is 11.1 Å². The lowest BCUT2D eigenvalue weighted by Gasteiger charge is -2.09. The Balaban J connectivity index is 1.82. The number of benzene rings is 1. The van der Waals surface area contributed by atoms with E-state index in [0.717, 1.165) is 33.8 Å². The summed E-state index contributed by atoms with van der Waals surface area (Å²) in [4.78, 5) is 20.9. The minimum Gasteiger partial charge on any atom is -0.383 e. The van der Waals surface area contributed by atoms with Gasteiger partial charge in [0.05, 0.1) is 12.3 Å². The molecule has 0 bridgehead atoms. The maximum absolute atomic E-state index is 12.0. The lowest BCUT2D eigenvalue weighted by Crippen LogP contribution is -2.39. The highest BCUT2D eigenvalue weighted by Crippen LogP contribution is 2.29. The van der Waals surface area contributed by atoms with Crippen LogP contribution in [0.4, 0.5) is 5.13 Å². The largest absolute Gasteiger partial charge is 0.383 e. The predicted octanol–water partition coefficient (Wildman–Crippen LogP) is 3.40. The van der Waals surface area contributed by atoms with Crippen LogP contribution in [0.1, 0.15) is 11.4 Å². The number of pyridine rings is 1. The monoisotopic (exact) mass is 382 g/mol. The minimum absolute atomic E-state index is 0.164. The highest BCUT2D eigenvalue weighted by molar-refractivity contribution is 7.14. The number of hydrogen-bond donors (Lipinski definition) is 2. The molecule has 0 radical (unpaired) electrons. The summed E-state index contributed by atoms with van der Waals surface area (Å²) in [5.41, 5.74) is 11.7. The Hall–Kier alpha value is -2.61. The maximum Gasteiger partial charge on any atom is 0.245 e. The molecule has 27 heavy (non-hydrogen) atoms. The Morgan fingerprint density at radius 2 is 1.85 bits per heavy atom. The molecule has 3 N–H and O–H groups in total. The molecule has 3 rings (SSSR count). The molecule has 1 atom stereocenters. The highest BCUT2D eigenvalue weighted by atomic mass is 32.1. The van der Waals surface area contributed by atoms with Crippen LogP contribution in [-0.2, 0) is 9.53 Å². The Bertz CT molecular complexity index is 934. The van der Waals surface area contributed by atoms with Crippen LogP contribution in [0, 0.1) is 13.8 Å². The number of aromatic nitrogens is 2. The maximum atomic E-state index is 12.0. The number of anilines is 1. The molecule has 1 aromatic carbocycles. The summed E-state index contributed by atoms with van der Waals surface area (Å²) in [7, 11) is 1.51. The van der Waals surface area contributed by atoms with Crippen LogP contribution in [0.5, 0.6) is 0 Å². The quantitative estimate of drug-likeness (QED) is 0.682. The van der Waals surface area contributed by atoms with Crippen molar-refractivity contribution in [2.75, 3.05) is 19.0 Å². The molecule has 140 valence electrons. The van der Waals surface area contributed by atoms with Crippen molar-refractivity contribution in [2.45, 2.75) is 19.9 Å². The Kier molecular flexibility index (Phi) is 5.95. The molecule has 0 saturated carbocycles. The first-order valence-electron chi connectivity index (χ1n) is 8.53. The van der Waals surface area contributed by atoms with E-state index < -0.39 is 6.04 Å². The molecule has 0 spiro atoms. The molecule has 1 amide bonds. The molecule has 0 aliphatic heterocycles. The third-order valence-corrected chi connectivity index (χ3v) is 4.75. The van der Waals surface area contributed by atoms with Crippen molar-refractivity contribution >= 4 is 22.4 Å². The topological polar surface area (TPSA) is 90.1 Å². The number of nitrogens with two attached hydrogens (primary N) is 1. The number of nitrogens with zero attached hydrogens (tertiary/aromatic N) is 2. The van der Waals surface area contributed by atoms with Gasteiger partial charge in [0.25, 0.3) is 0 Å². The lowest BCUT2D eigenvalue weighted by atomic mass is 10.0. The zero-order valence-electron chi connectivity index (χ0n) is 15.5. The number of aryl methyl sites for hydroxylation is 2. The summed E-state index contributed by atoms with van der Waals surface area (Å²) in [5, 5.41) is 5.17. The van der Waals surface area contributed by atoms with E-state index in [9.17, 15) is 4.79 Å². The van der Waals surface area contributed by atoms with Crippen molar-refractivity contribution in [1.82, 2.24) is 9.97 Å². The van der Waals surface area contributed by atoms with Gasteiger partial charge in [-0.2, -0.15) is 0 Å². The molecule has 3 aromatic rings. The fourth-order valence-electron chi connectivity index (χ4n) is 2.78. The van der Waals surface area contributed by atoms with E-state index in [1.807, 2.05) is 31.4 Å². The van der Waals surface area contributed by atoms with Crippen molar-refractivity contribution < 1.29 is 9.53 Å². The van der Waals surface area contributed by atoms with Crippen molar-refractivity contribution in [1.29, 1.82) is 0 Å². The van der Waals surface area contributed by atoms with Crippen LogP contribution in [0.2, 0.25) is 0 Å². The van der Waals surface area contributed by atoms with E-state index in [1.54, 1.807) is 0 Å². The number of nitrogens with one attached hydrogen (secondary N) is 1. The van der Waals surface area contributed by atoms with Crippen LogP contribution >= 0.6 is 11.3 Å². The zero-order valence-corrected chi connectivity index (χ0v) is 16.3. The van der Waals surface area contributed by atoms with Crippen LogP contribution in [0.15, 0.2) is 41.8 Å². The number of hydrogen-bond acceptors (Lipinski definition) is 6. The normalized spacial score (nSPS) is 12.0. The van der Waals surface area contributed by atoms with Crippen LogP contribution in [0.3, 0.4) is 0 Å². The third kappa shape index (κ3) is 4.77. The van der Waals surface area contributed by atoms with E-state index in [0.29, 0.717) is 5.13 Å². The second kappa shape index (κ2) is 8.39. The van der Waals surface area contributed by atoms with Gasteiger partial charge in [0.15, 0.2) is 5.13 Å². The van der Waals surface area contributed by atoms with E-state index in [4.69, 9.17) is 10.5 Å². The molecule has 0 saturated heterocycles. The summed E-state index contributed by atoms with van der Waals surface area (Å²) in [6.07, 6.45) is 0. The van der Waals surface area contributed by atoms with Gasteiger partial charge in [0.1, 0.15) is 6.04 Å². The van der Waals surface area contributed by atoms with E-state index in [2.05, 4.69) is 39.6 Å². The molecule has 6 nitrogen and oxygen atoms in total. The summed E-state index contributed by atoms with van der Waals surface area (Å²) in [6, 6.07) is 11.6. The number of thiazole rings is 1. The van der Waals surface area contributed by atoms with Crippen LogP contribution in [0.25, 0.3) is 22.4 Å². The van der Waals surface area contributed by atoms with Gasteiger partial charge in [-0.05, 0) is 43.2 Å². The summed E-state index contributed by atoms with van der Waals surface area (Å²) >= 11 is 1.37. The Morgan fingerprint density at radius 1 is 1.15 bits per heavy atom. The van der Waals surface area contributed by atoms with Gasteiger partial charge in [-0.15, -0.1) is 11.3 Å². The number of methoxy groups -OCH3 is 1. The number of carbonyl (C=O) groups excluding carboxylic acids is 1. The SMILES string of the molecule is COC[C@H](N)C(=O)Nc1nc(-c2cccc(-c3cc(C)nc(C)c3)c2)cs1. The summed E-state index contributed by atoms with van der Waals surface area (Å²) in [6.45, 7) is 4.14. The van der Waals surface area contributed by atoms with Crippen molar-refractivity contribution in [2.24, 2.45) is 5.73 Å². The van der Waals surface area contributed by atoms with Gasteiger partial charge in [-0.25, -0.2) is 4.98 Å². The van der Waals surface area contributed by atoms with Crippen molar-refractivity contribution in [3.8, 4) is 22.4 Å². The molecular weight excluding hydrogens is 360 g/mol. The van der Waals surface area contributed by atoms with Crippen LogP contribution in [-0.4, -0.2) is 35.6 Å². The van der Waals surface area contributed by atoms with Crippen molar-refractivity contribution in [3.63, 3.8) is 0 Å². The van der Waals surface area contributed by atoms with Gasteiger partial charge < -0.3 is 15.8 Å². The summed E-state index contributed by atoms with van der Waals surface area (Å²) in [5.74, 6) is -0.311. The van der Waals surface area contributed by atoms with Gasteiger partial charge in [-0.1, -0.05) is 18.2 Å². The van der Waals surface area contributed by atoms with E-state index in [-0.39, 0.29) is 12.5 Å². The van der Waals surface area contributed by atoms with Gasteiger partial charge >= 0.3 is 0 Å². The summed E-state index contributed by atoms with van der Waals surface area (Å²) < 4.78 is 4.90. The van der Waals surface area contributed by atoms with E-state index >= 15 is 0 Å². The molecule has 0 unspecified atom stereocenters. The molecule has 0 fully saturated rings. The number of ether oxygens (including phenoxy) is 1. The first-order chi connectivity index (χ1) is 13.0. The smallest absolute Gasteiger partial charge is 0.245 e. The minimum atomic E-state index is -0.719. The average molecular weight is 382 g/mol. The van der Waals surface area contributed by atoms with Gasteiger partial charge in [0, 0.05) is 29.4 Å². The van der Waals surface area contributed by atoms with Gasteiger partial charge in [0.2, 0.25) is 5.91 Å². The second-order valence-electron chi connectivity index (χ2n) is 6.31. The lowest BCUT2D eigenvalue weighted by molar-refractivity contribution is -0.118. The predicted molar refractivity (Wildman–Crippen MR) is 109 cm³/mol. The fourth-order valence-corrected chi connectivity index (χ4v) is 3.50. The number of rotatable bonds is 6. The Labute approximate surface area is 162 Å². The fraction of sp³-hybridized carbons (Fsp3) is 0.250. The van der Waals surface area contributed by atoms with Gasteiger partial charge in [-0.3, -0.25) is 9.78 Å². The third-order valence-electron chi connectivity index (χ3n) is 3.99. The van der Waals surface area contributed by atoms with E-state index in [1.165, 1.54) is 18.4 Å². The molecular formula is C20H22N4O2S. The first-order valence-corrected chi connectivity index (χ1v) is 9.41. The zero-order chi connectivity index (χ0) is 19.4. The molecule has 0 aliphatic carbocycles. The Morgan fingerprint density at radius 3 is 2.56 bits per heavy atom. The molecule has 2 aromatic heterocycles. The molecule has 0 aliphatic rings. The number of amides is 1. The van der Waals surface area contributed by atoms with Crippen molar-refractivity contribution in [3.05, 3.63) is 53.2 Å². The molecule has 7 heteroatoms. The average Bonchev–Trinajstić information content (AvgIpc) is 3.10.